The molecule has 0 aliphatic carbocycles. The van der Waals surface area contributed by atoms with Crippen LogP contribution in [-0.2, 0) is 16.6 Å². The number of sulfonamides is 1. The van der Waals surface area contributed by atoms with Crippen LogP contribution in [0, 0.1) is 0 Å². The lowest BCUT2D eigenvalue weighted by Gasteiger charge is -2.18. The van der Waals surface area contributed by atoms with Crippen molar-refractivity contribution in [2.75, 3.05) is 27.7 Å². The van der Waals surface area contributed by atoms with Crippen LogP contribution in [0.5, 0.6) is 0 Å². The molecule has 0 saturated heterocycles. The van der Waals surface area contributed by atoms with E-state index in [1.54, 1.807) is 6.07 Å². The third-order valence-corrected chi connectivity index (χ3v) is 6.18. The fourth-order valence-corrected chi connectivity index (χ4v) is 5.68. The minimum atomic E-state index is -3.47. The molecule has 0 radical (unpaired) electrons. The Morgan fingerprint density at radius 3 is 2.63 bits per heavy atom. The zero-order valence-corrected chi connectivity index (χ0v) is 14.7. The standard InChI is InChI=1S/C11H20BrN3O2S2/c1-8(7-15(3)4)14-19(16,17)10-5-9(6-13-2)18-11(10)12/h5,8,13-14H,6-7H2,1-4H3. The second kappa shape index (κ2) is 7.14. The van der Waals surface area contributed by atoms with Crippen molar-refractivity contribution in [2.45, 2.75) is 24.4 Å². The summed E-state index contributed by atoms with van der Waals surface area (Å²) in [6.07, 6.45) is 0. The van der Waals surface area contributed by atoms with E-state index in [-0.39, 0.29) is 6.04 Å². The number of hydrogen-bond donors (Lipinski definition) is 2. The van der Waals surface area contributed by atoms with E-state index in [1.165, 1.54) is 11.3 Å². The van der Waals surface area contributed by atoms with Gasteiger partial charge in [-0.25, -0.2) is 13.1 Å². The molecule has 1 unspecified atom stereocenters. The van der Waals surface area contributed by atoms with Crippen LogP contribution in [0.3, 0.4) is 0 Å². The molecule has 0 saturated carbocycles. The fraction of sp³-hybridized carbons (Fsp3) is 0.636. The van der Waals surface area contributed by atoms with E-state index in [1.807, 2.05) is 33.0 Å². The Hall–Kier alpha value is 0.01000. The SMILES string of the molecule is CNCc1cc(S(=O)(=O)NC(C)CN(C)C)c(Br)s1. The first-order valence-electron chi connectivity index (χ1n) is 5.86. The predicted octanol–water partition coefficient (Wildman–Crippen LogP) is 1.46. The number of nitrogens with one attached hydrogen (secondary N) is 2. The van der Waals surface area contributed by atoms with Crippen LogP contribution in [0.15, 0.2) is 14.7 Å². The normalized spacial score (nSPS) is 14.0. The summed E-state index contributed by atoms with van der Waals surface area (Å²) in [6.45, 7) is 3.17. The van der Waals surface area contributed by atoms with Gasteiger partial charge in [0, 0.05) is 24.0 Å². The minimum Gasteiger partial charge on any atom is -0.315 e. The highest BCUT2D eigenvalue weighted by atomic mass is 79.9. The molecular formula is C11H20BrN3O2S2. The third kappa shape index (κ3) is 5.13. The van der Waals surface area contributed by atoms with Crippen LogP contribution in [-0.4, -0.2) is 47.0 Å². The van der Waals surface area contributed by atoms with Gasteiger partial charge >= 0.3 is 0 Å². The summed E-state index contributed by atoms with van der Waals surface area (Å²) in [7, 11) is 2.18. The summed E-state index contributed by atoms with van der Waals surface area (Å²) in [4.78, 5) is 3.24. The van der Waals surface area contributed by atoms with E-state index in [0.29, 0.717) is 21.8 Å². The molecule has 0 amide bonds. The summed E-state index contributed by atoms with van der Waals surface area (Å²) in [5.41, 5.74) is 0. The number of nitrogens with zero attached hydrogens (tertiary/aromatic N) is 1. The Bertz CT molecular complexity index is 514. The Morgan fingerprint density at radius 1 is 1.47 bits per heavy atom. The first-order valence-corrected chi connectivity index (χ1v) is 8.95. The first-order chi connectivity index (χ1) is 8.76. The molecule has 1 atom stereocenters. The minimum absolute atomic E-state index is 0.139. The van der Waals surface area contributed by atoms with Crippen LogP contribution >= 0.6 is 27.3 Å². The van der Waals surface area contributed by atoms with E-state index in [0.717, 1.165) is 4.88 Å². The van der Waals surface area contributed by atoms with E-state index in [2.05, 4.69) is 26.0 Å². The van der Waals surface area contributed by atoms with Gasteiger partial charge in [-0.1, -0.05) is 0 Å². The molecule has 0 spiro atoms. The second-order valence-electron chi connectivity index (χ2n) is 4.67. The molecule has 5 nitrogen and oxygen atoms in total. The second-order valence-corrected chi connectivity index (χ2v) is 8.80. The molecule has 0 aliphatic heterocycles. The van der Waals surface area contributed by atoms with Crippen LogP contribution in [0.25, 0.3) is 0 Å². The highest BCUT2D eigenvalue weighted by molar-refractivity contribution is 9.11. The Balaban J connectivity index is 2.88. The number of halogens is 1. The van der Waals surface area contributed by atoms with Crippen molar-refractivity contribution in [3.8, 4) is 0 Å². The van der Waals surface area contributed by atoms with Gasteiger partial charge in [0.2, 0.25) is 10.0 Å². The maximum Gasteiger partial charge on any atom is 0.242 e. The molecule has 8 heteroatoms. The fourth-order valence-electron chi connectivity index (χ4n) is 1.76. The molecule has 0 fully saturated rings. The molecular weight excluding hydrogens is 350 g/mol. The third-order valence-electron chi connectivity index (χ3n) is 2.34. The Labute approximate surface area is 127 Å². The lowest BCUT2D eigenvalue weighted by molar-refractivity contribution is 0.370. The lowest BCUT2D eigenvalue weighted by Crippen LogP contribution is -2.39. The molecule has 1 rings (SSSR count). The van der Waals surface area contributed by atoms with Gasteiger partial charge < -0.3 is 10.2 Å². The Morgan fingerprint density at radius 2 is 2.11 bits per heavy atom. The number of likely N-dealkylation sites (N-methyl/N-ethyl adjacent to an activating group) is 1. The van der Waals surface area contributed by atoms with Gasteiger partial charge in [0.1, 0.15) is 4.90 Å². The molecule has 0 aromatic carbocycles. The van der Waals surface area contributed by atoms with E-state index < -0.39 is 10.0 Å². The molecule has 0 aliphatic rings. The smallest absolute Gasteiger partial charge is 0.242 e. The topological polar surface area (TPSA) is 61.4 Å². The van der Waals surface area contributed by atoms with Crippen molar-refractivity contribution in [1.29, 1.82) is 0 Å². The summed E-state index contributed by atoms with van der Waals surface area (Å²) in [6, 6.07) is 1.57. The largest absolute Gasteiger partial charge is 0.315 e. The highest BCUT2D eigenvalue weighted by Gasteiger charge is 2.22. The maximum absolute atomic E-state index is 12.3. The number of hydrogen-bond acceptors (Lipinski definition) is 5. The summed E-state index contributed by atoms with van der Waals surface area (Å²) in [5, 5.41) is 3.01. The molecule has 110 valence electrons. The average Bonchev–Trinajstić information content (AvgIpc) is 2.58. The van der Waals surface area contributed by atoms with Crippen molar-refractivity contribution in [2.24, 2.45) is 0 Å². The van der Waals surface area contributed by atoms with Crippen molar-refractivity contribution in [3.63, 3.8) is 0 Å². The Kier molecular flexibility index (Phi) is 6.41. The zero-order valence-electron chi connectivity index (χ0n) is 11.5. The van der Waals surface area contributed by atoms with Gasteiger partial charge in [-0.05, 0) is 50.1 Å². The quantitative estimate of drug-likeness (QED) is 0.763. The maximum atomic E-state index is 12.3. The molecule has 1 heterocycles. The van der Waals surface area contributed by atoms with Gasteiger partial charge in [-0.2, -0.15) is 0 Å². The van der Waals surface area contributed by atoms with E-state index in [9.17, 15) is 8.42 Å². The van der Waals surface area contributed by atoms with Crippen molar-refractivity contribution in [3.05, 3.63) is 14.7 Å². The van der Waals surface area contributed by atoms with Crippen molar-refractivity contribution >= 4 is 37.3 Å². The van der Waals surface area contributed by atoms with Gasteiger partial charge in [0.25, 0.3) is 0 Å². The van der Waals surface area contributed by atoms with Crippen LogP contribution in [0.1, 0.15) is 11.8 Å². The van der Waals surface area contributed by atoms with E-state index >= 15 is 0 Å². The van der Waals surface area contributed by atoms with Crippen LogP contribution in [0.2, 0.25) is 0 Å². The summed E-state index contributed by atoms with van der Waals surface area (Å²) >= 11 is 4.76. The highest BCUT2D eigenvalue weighted by Crippen LogP contribution is 2.31. The zero-order chi connectivity index (χ0) is 14.6. The monoisotopic (exact) mass is 369 g/mol. The van der Waals surface area contributed by atoms with Gasteiger partial charge in [0.15, 0.2) is 0 Å². The van der Waals surface area contributed by atoms with Gasteiger partial charge in [-0.3, -0.25) is 0 Å². The number of rotatable bonds is 7. The van der Waals surface area contributed by atoms with Gasteiger partial charge in [0.05, 0.1) is 3.79 Å². The number of thiophene rings is 1. The van der Waals surface area contributed by atoms with Crippen LogP contribution < -0.4 is 10.0 Å². The molecule has 2 N–H and O–H groups in total. The predicted molar refractivity (Wildman–Crippen MR) is 83.1 cm³/mol. The first kappa shape index (κ1) is 17.1. The molecule has 1 aromatic rings. The molecule has 19 heavy (non-hydrogen) atoms. The molecule has 0 bridgehead atoms. The summed E-state index contributed by atoms with van der Waals surface area (Å²) in [5.74, 6) is 0. The molecule has 1 aromatic heterocycles. The van der Waals surface area contributed by atoms with Crippen molar-refractivity contribution < 1.29 is 8.42 Å². The summed E-state index contributed by atoms with van der Waals surface area (Å²) < 4.78 is 27.9. The van der Waals surface area contributed by atoms with Crippen LogP contribution in [0.4, 0.5) is 0 Å². The lowest BCUT2D eigenvalue weighted by atomic mass is 10.3. The average molecular weight is 370 g/mol. The van der Waals surface area contributed by atoms with Gasteiger partial charge in [-0.15, -0.1) is 11.3 Å². The van der Waals surface area contributed by atoms with Crippen molar-refractivity contribution in [1.82, 2.24) is 14.9 Å². The van der Waals surface area contributed by atoms with E-state index in [4.69, 9.17) is 0 Å².